The van der Waals surface area contributed by atoms with Crippen LogP contribution in [-0.4, -0.2) is 10.8 Å². The summed E-state index contributed by atoms with van der Waals surface area (Å²) in [5.41, 5.74) is 3.16. The zero-order valence-corrected chi connectivity index (χ0v) is 10.1. The normalized spacial score (nSPS) is 18.8. The van der Waals surface area contributed by atoms with Crippen molar-refractivity contribution in [3.63, 3.8) is 0 Å². The number of carbonyl (C=O) groups is 1. The van der Waals surface area contributed by atoms with Gasteiger partial charge in [-0.25, -0.2) is 0 Å². The quantitative estimate of drug-likeness (QED) is 0.784. The number of benzene rings is 1. The van der Waals surface area contributed by atoms with Crippen LogP contribution >= 0.6 is 11.6 Å². The maximum Gasteiger partial charge on any atom is 0.270 e. The summed E-state index contributed by atoms with van der Waals surface area (Å²) in [6.45, 7) is 0.602. The number of carbonyl (C=O) groups excluding carboxylic acids is 1. The molecule has 1 heterocycles. The number of nitrogens with zero attached hydrogens (tertiary/aromatic N) is 1. The van der Waals surface area contributed by atoms with E-state index >= 15 is 0 Å². The van der Waals surface area contributed by atoms with Crippen LogP contribution in [0.3, 0.4) is 0 Å². The maximum absolute atomic E-state index is 12.0. The van der Waals surface area contributed by atoms with E-state index < -0.39 is 0 Å². The zero-order valence-electron chi connectivity index (χ0n) is 9.32. The van der Waals surface area contributed by atoms with Gasteiger partial charge >= 0.3 is 0 Å². The van der Waals surface area contributed by atoms with E-state index in [0.717, 1.165) is 29.7 Å². The van der Waals surface area contributed by atoms with Gasteiger partial charge in [0.05, 0.1) is 6.54 Å². The number of hydrogen-bond donors (Lipinski definition) is 0. The molecule has 2 nitrogen and oxygen atoms in total. The predicted octanol–water partition coefficient (Wildman–Crippen LogP) is 3.20. The molecule has 1 aromatic carbocycles. The Morgan fingerprint density at radius 3 is 2.76 bits per heavy atom. The third-order valence-corrected chi connectivity index (χ3v) is 3.60. The zero-order chi connectivity index (χ0) is 11.8. The fourth-order valence-electron chi connectivity index (χ4n) is 2.38. The van der Waals surface area contributed by atoms with E-state index in [2.05, 4.69) is 6.08 Å². The molecule has 0 N–H and O–H groups in total. The molecule has 0 spiro atoms. The summed E-state index contributed by atoms with van der Waals surface area (Å²) < 4.78 is 0. The second-order valence-electron chi connectivity index (χ2n) is 4.30. The Kier molecular flexibility index (Phi) is 2.52. The maximum atomic E-state index is 12.0. The first kappa shape index (κ1) is 10.6. The van der Waals surface area contributed by atoms with E-state index in [1.54, 1.807) is 4.90 Å². The minimum Gasteiger partial charge on any atom is -0.303 e. The highest BCUT2D eigenvalue weighted by Crippen LogP contribution is 2.39. The topological polar surface area (TPSA) is 20.3 Å². The SMILES string of the molecule is O=C1C(Cl)=C2CCC=C2N1Cc1ccccc1. The van der Waals surface area contributed by atoms with Crippen LogP contribution in [0.5, 0.6) is 0 Å². The van der Waals surface area contributed by atoms with E-state index in [4.69, 9.17) is 11.6 Å². The largest absolute Gasteiger partial charge is 0.303 e. The van der Waals surface area contributed by atoms with Crippen LogP contribution in [0.25, 0.3) is 0 Å². The van der Waals surface area contributed by atoms with E-state index in [-0.39, 0.29) is 5.91 Å². The molecule has 17 heavy (non-hydrogen) atoms. The molecule has 1 amide bonds. The first-order chi connectivity index (χ1) is 8.27. The van der Waals surface area contributed by atoms with Crippen LogP contribution in [0.4, 0.5) is 0 Å². The minimum atomic E-state index is -0.0588. The lowest BCUT2D eigenvalue weighted by Gasteiger charge is -2.18. The number of allylic oxidation sites excluding steroid dienone is 2. The van der Waals surface area contributed by atoms with Crippen LogP contribution in [0.15, 0.2) is 52.7 Å². The van der Waals surface area contributed by atoms with Gasteiger partial charge in [-0.15, -0.1) is 0 Å². The predicted molar refractivity (Wildman–Crippen MR) is 67.2 cm³/mol. The molecule has 3 rings (SSSR count). The van der Waals surface area contributed by atoms with Gasteiger partial charge in [-0.1, -0.05) is 48.0 Å². The molecular formula is C14H12ClNO. The lowest BCUT2D eigenvalue weighted by molar-refractivity contribution is -0.124. The number of hydrogen-bond acceptors (Lipinski definition) is 1. The second-order valence-corrected chi connectivity index (χ2v) is 4.68. The number of fused-ring (bicyclic) bond motifs is 1. The summed E-state index contributed by atoms with van der Waals surface area (Å²) in [7, 11) is 0. The summed E-state index contributed by atoms with van der Waals surface area (Å²) in [6.07, 6.45) is 3.98. The molecule has 0 aromatic heterocycles. The molecule has 0 bridgehead atoms. The third kappa shape index (κ3) is 1.69. The molecule has 1 aromatic rings. The van der Waals surface area contributed by atoms with Crippen molar-refractivity contribution in [2.45, 2.75) is 19.4 Å². The Bertz CT molecular complexity index is 530. The molecule has 0 fully saturated rings. The molecule has 0 radical (unpaired) electrons. The number of amides is 1. The molecule has 2 aliphatic rings. The number of halogens is 1. The van der Waals surface area contributed by atoms with Crippen LogP contribution in [0, 0.1) is 0 Å². The first-order valence-corrected chi connectivity index (χ1v) is 6.10. The fraction of sp³-hybridized carbons (Fsp3) is 0.214. The van der Waals surface area contributed by atoms with Crippen LogP contribution < -0.4 is 0 Å². The lowest BCUT2D eigenvalue weighted by atomic mass is 10.2. The van der Waals surface area contributed by atoms with Crippen molar-refractivity contribution in [1.82, 2.24) is 4.90 Å². The molecule has 1 aliphatic heterocycles. The van der Waals surface area contributed by atoms with Gasteiger partial charge in [-0.3, -0.25) is 4.79 Å². The van der Waals surface area contributed by atoms with E-state index in [9.17, 15) is 4.79 Å². The van der Waals surface area contributed by atoms with Gasteiger partial charge in [-0.2, -0.15) is 0 Å². The Morgan fingerprint density at radius 2 is 2.00 bits per heavy atom. The van der Waals surface area contributed by atoms with Gasteiger partial charge in [0, 0.05) is 11.3 Å². The monoisotopic (exact) mass is 245 g/mol. The highest BCUT2D eigenvalue weighted by Gasteiger charge is 2.35. The Labute approximate surface area is 105 Å². The molecule has 3 heteroatoms. The van der Waals surface area contributed by atoms with Gasteiger partial charge in [0.25, 0.3) is 5.91 Å². The first-order valence-electron chi connectivity index (χ1n) is 5.72. The van der Waals surface area contributed by atoms with Gasteiger partial charge in [0.1, 0.15) is 5.03 Å². The van der Waals surface area contributed by atoms with Gasteiger partial charge < -0.3 is 4.90 Å². The highest BCUT2D eigenvalue weighted by atomic mass is 35.5. The summed E-state index contributed by atoms with van der Waals surface area (Å²) in [5, 5.41) is 0.407. The second kappa shape index (κ2) is 4.04. The van der Waals surface area contributed by atoms with Crippen LogP contribution in [0.1, 0.15) is 18.4 Å². The summed E-state index contributed by atoms with van der Waals surface area (Å²) in [4.78, 5) is 13.8. The van der Waals surface area contributed by atoms with Crippen molar-refractivity contribution < 1.29 is 4.79 Å². The van der Waals surface area contributed by atoms with E-state index in [1.165, 1.54) is 0 Å². The van der Waals surface area contributed by atoms with Gasteiger partial charge in [-0.05, 0) is 18.4 Å². The summed E-state index contributed by atoms with van der Waals surface area (Å²) in [6, 6.07) is 9.98. The van der Waals surface area contributed by atoms with Crippen molar-refractivity contribution in [2.75, 3.05) is 0 Å². The minimum absolute atomic E-state index is 0.0588. The molecule has 0 unspecified atom stereocenters. The average Bonchev–Trinajstić information content (AvgIpc) is 2.91. The fourth-order valence-corrected chi connectivity index (χ4v) is 2.67. The molecule has 0 atom stereocenters. The smallest absolute Gasteiger partial charge is 0.270 e. The van der Waals surface area contributed by atoms with Crippen molar-refractivity contribution in [2.24, 2.45) is 0 Å². The standard InChI is InChI=1S/C14H12ClNO/c15-13-11-7-4-8-12(11)16(14(13)17)9-10-5-2-1-3-6-10/h1-3,5-6,8H,4,7,9H2. The molecule has 1 aliphatic carbocycles. The summed E-state index contributed by atoms with van der Waals surface area (Å²) in [5.74, 6) is -0.0588. The van der Waals surface area contributed by atoms with E-state index in [0.29, 0.717) is 11.6 Å². The molecule has 86 valence electrons. The van der Waals surface area contributed by atoms with E-state index in [1.807, 2.05) is 30.3 Å². The van der Waals surface area contributed by atoms with Crippen molar-refractivity contribution in [3.8, 4) is 0 Å². The Morgan fingerprint density at radius 1 is 1.24 bits per heavy atom. The highest BCUT2D eigenvalue weighted by molar-refractivity contribution is 6.44. The average molecular weight is 246 g/mol. The van der Waals surface area contributed by atoms with Crippen LogP contribution in [0.2, 0.25) is 0 Å². The lowest BCUT2D eigenvalue weighted by Crippen LogP contribution is -2.24. The number of rotatable bonds is 2. The summed E-state index contributed by atoms with van der Waals surface area (Å²) >= 11 is 6.07. The van der Waals surface area contributed by atoms with Crippen molar-refractivity contribution in [3.05, 3.63) is 58.3 Å². The molecule has 0 saturated carbocycles. The Hall–Kier alpha value is -1.54. The third-order valence-electron chi connectivity index (χ3n) is 3.21. The molecule has 0 saturated heterocycles. The van der Waals surface area contributed by atoms with Gasteiger partial charge in [0.2, 0.25) is 0 Å². The van der Waals surface area contributed by atoms with Crippen molar-refractivity contribution in [1.29, 1.82) is 0 Å². The molecular weight excluding hydrogens is 234 g/mol. The Balaban J connectivity index is 1.89. The van der Waals surface area contributed by atoms with Crippen molar-refractivity contribution >= 4 is 17.5 Å². The van der Waals surface area contributed by atoms with Gasteiger partial charge in [0.15, 0.2) is 0 Å². The van der Waals surface area contributed by atoms with Crippen LogP contribution in [-0.2, 0) is 11.3 Å².